The topological polar surface area (TPSA) is 105 Å². The summed E-state index contributed by atoms with van der Waals surface area (Å²) in [5.41, 5.74) is 0.894. The highest BCUT2D eigenvalue weighted by Crippen LogP contribution is 2.34. The summed E-state index contributed by atoms with van der Waals surface area (Å²) < 4.78 is 69.6. The van der Waals surface area contributed by atoms with Gasteiger partial charge in [-0.25, -0.2) is 17.2 Å². The van der Waals surface area contributed by atoms with E-state index in [0.29, 0.717) is 18.9 Å². The molecule has 12 heteroatoms. The Hall–Kier alpha value is -4.97. The second-order valence-corrected chi connectivity index (χ2v) is 13.6. The number of amides is 2. The molecule has 1 heterocycles. The SMILES string of the molecule is CC(C)CNC(=O)C(Cc1ccccc1)N(Cc1ccccc1F)C(=O)CN(c1ccc(F)cc1)S(=O)(=O)c1ccc2c(c1)OCCO2. The number of carbonyl (C=O) groups is 2. The summed E-state index contributed by atoms with van der Waals surface area (Å²) in [5, 5.41) is 2.89. The molecule has 1 N–H and O–H groups in total. The zero-order chi connectivity index (χ0) is 34.3. The van der Waals surface area contributed by atoms with Crippen molar-refractivity contribution in [2.75, 3.05) is 30.6 Å². The van der Waals surface area contributed by atoms with E-state index in [0.717, 1.165) is 22.0 Å². The van der Waals surface area contributed by atoms with Crippen molar-refractivity contribution in [1.82, 2.24) is 10.2 Å². The molecule has 4 aromatic carbocycles. The first kappa shape index (κ1) is 34.4. The van der Waals surface area contributed by atoms with Crippen molar-refractivity contribution in [2.45, 2.75) is 37.8 Å². The number of hydrogen-bond donors (Lipinski definition) is 1. The standard InChI is InChI=1S/C36H37F2N3O6S/c1-25(2)22-39-36(43)32(20-26-8-4-3-5-9-26)40(23-27-10-6-7-11-31(27)38)35(42)24-41(29-14-12-28(37)13-15-29)48(44,45)30-16-17-33-34(21-30)47-19-18-46-33/h3-17,21,25,32H,18-20,22-24H2,1-2H3,(H,39,43). The van der Waals surface area contributed by atoms with Crippen LogP contribution in [0.1, 0.15) is 25.0 Å². The van der Waals surface area contributed by atoms with Gasteiger partial charge in [-0.3, -0.25) is 13.9 Å². The molecule has 0 aliphatic carbocycles. The Morgan fingerprint density at radius 1 is 0.854 bits per heavy atom. The third kappa shape index (κ3) is 8.29. The van der Waals surface area contributed by atoms with Crippen molar-refractivity contribution in [3.63, 3.8) is 0 Å². The molecule has 4 aromatic rings. The van der Waals surface area contributed by atoms with Crippen molar-refractivity contribution in [3.8, 4) is 11.5 Å². The van der Waals surface area contributed by atoms with Gasteiger partial charge in [0.05, 0.1) is 10.6 Å². The fraction of sp³-hybridized carbons (Fsp3) is 0.278. The number of nitrogens with zero attached hydrogens (tertiary/aromatic N) is 2. The predicted octanol–water partition coefficient (Wildman–Crippen LogP) is 5.34. The minimum Gasteiger partial charge on any atom is -0.486 e. The Morgan fingerprint density at radius 2 is 1.52 bits per heavy atom. The molecule has 5 rings (SSSR count). The van der Waals surface area contributed by atoms with E-state index in [2.05, 4.69) is 5.32 Å². The highest BCUT2D eigenvalue weighted by molar-refractivity contribution is 7.92. The molecule has 0 saturated carbocycles. The Labute approximate surface area is 279 Å². The van der Waals surface area contributed by atoms with E-state index in [1.807, 2.05) is 32.0 Å². The van der Waals surface area contributed by atoms with Gasteiger partial charge in [0.15, 0.2) is 11.5 Å². The lowest BCUT2D eigenvalue weighted by molar-refractivity contribution is -0.140. The second kappa shape index (κ2) is 15.3. The smallest absolute Gasteiger partial charge is 0.264 e. The molecule has 48 heavy (non-hydrogen) atoms. The van der Waals surface area contributed by atoms with E-state index in [9.17, 15) is 22.4 Å². The van der Waals surface area contributed by atoms with Crippen molar-refractivity contribution >= 4 is 27.5 Å². The largest absolute Gasteiger partial charge is 0.486 e. The normalized spacial score (nSPS) is 13.1. The van der Waals surface area contributed by atoms with Gasteiger partial charge in [0.1, 0.15) is 37.4 Å². The van der Waals surface area contributed by atoms with E-state index in [-0.39, 0.29) is 47.4 Å². The number of fused-ring (bicyclic) bond motifs is 1. The Kier molecular flexibility index (Phi) is 10.9. The number of carbonyl (C=O) groups excluding carboxylic acids is 2. The van der Waals surface area contributed by atoms with Crippen LogP contribution in [-0.4, -0.2) is 57.5 Å². The van der Waals surface area contributed by atoms with Crippen LogP contribution in [0, 0.1) is 17.6 Å². The predicted molar refractivity (Wildman–Crippen MR) is 177 cm³/mol. The molecule has 2 amide bonds. The van der Waals surface area contributed by atoms with Crippen LogP contribution in [0.25, 0.3) is 0 Å². The number of nitrogens with one attached hydrogen (secondary N) is 1. The van der Waals surface area contributed by atoms with E-state index < -0.39 is 46.1 Å². The number of benzene rings is 4. The summed E-state index contributed by atoms with van der Waals surface area (Å²) in [5.74, 6) is -1.74. The van der Waals surface area contributed by atoms with Crippen LogP contribution in [-0.2, 0) is 32.6 Å². The molecule has 1 aliphatic rings. The molecule has 0 spiro atoms. The molecular formula is C36H37F2N3O6S. The van der Waals surface area contributed by atoms with Gasteiger partial charge in [-0.15, -0.1) is 0 Å². The molecule has 0 saturated heterocycles. The lowest BCUT2D eigenvalue weighted by atomic mass is 10.0. The molecule has 1 aliphatic heterocycles. The Morgan fingerprint density at radius 3 is 2.21 bits per heavy atom. The summed E-state index contributed by atoms with van der Waals surface area (Å²) in [6.45, 7) is 3.62. The highest BCUT2D eigenvalue weighted by Gasteiger charge is 2.35. The van der Waals surface area contributed by atoms with Gasteiger partial charge in [-0.05, 0) is 53.9 Å². The van der Waals surface area contributed by atoms with Crippen LogP contribution >= 0.6 is 0 Å². The van der Waals surface area contributed by atoms with Crippen LogP contribution in [0.2, 0.25) is 0 Å². The quantitative estimate of drug-likeness (QED) is 0.205. The van der Waals surface area contributed by atoms with E-state index in [4.69, 9.17) is 9.47 Å². The molecule has 1 atom stereocenters. The Balaban J connectivity index is 1.57. The summed E-state index contributed by atoms with van der Waals surface area (Å²) >= 11 is 0. The van der Waals surface area contributed by atoms with Gasteiger partial charge < -0.3 is 19.7 Å². The number of ether oxygens (including phenoxy) is 2. The molecule has 252 valence electrons. The first-order chi connectivity index (χ1) is 23.0. The third-order valence-electron chi connectivity index (χ3n) is 7.75. The van der Waals surface area contributed by atoms with Crippen molar-refractivity contribution in [2.24, 2.45) is 5.92 Å². The molecule has 0 aromatic heterocycles. The highest BCUT2D eigenvalue weighted by atomic mass is 32.2. The second-order valence-electron chi connectivity index (χ2n) is 11.8. The minimum absolute atomic E-state index is 0.00866. The minimum atomic E-state index is -4.48. The maximum absolute atomic E-state index is 15.1. The molecular weight excluding hydrogens is 640 g/mol. The summed E-state index contributed by atoms with van der Waals surface area (Å²) in [7, 11) is -4.48. The molecule has 1 unspecified atom stereocenters. The first-order valence-electron chi connectivity index (χ1n) is 15.6. The van der Waals surface area contributed by atoms with Gasteiger partial charge >= 0.3 is 0 Å². The molecule has 0 bridgehead atoms. The first-order valence-corrected chi connectivity index (χ1v) is 17.0. The van der Waals surface area contributed by atoms with Gasteiger partial charge in [0, 0.05) is 31.1 Å². The van der Waals surface area contributed by atoms with Crippen molar-refractivity contribution < 1.29 is 36.3 Å². The third-order valence-corrected chi connectivity index (χ3v) is 9.52. The summed E-state index contributed by atoms with van der Waals surface area (Å²) in [4.78, 5) is 29.3. The van der Waals surface area contributed by atoms with Crippen molar-refractivity contribution in [1.29, 1.82) is 0 Å². The monoisotopic (exact) mass is 677 g/mol. The summed E-state index contributed by atoms with van der Waals surface area (Å²) in [6, 6.07) is 22.6. The average Bonchev–Trinajstić information content (AvgIpc) is 3.09. The van der Waals surface area contributed by atoms with Crippen LogP contribution in [0.4, 0.5) is 14.5 Å². The number of hydrogen-bond acceptors (Lipinski definition) is 6. The van der Waals surface area contributed by atoms with E-state index in [1.54, 1.807) is 18.2 Å². The van der Waals surface area contributed by atoms with Gasteiger partial charge in [-0.1, -0.05) is 62.4 Å². The number of sulfonamides is 1. The van der Waals surface area contributed by atoms with Gasteiger partial charge in [-0.2, -0.15) is 0 Å². The van der Waals surface area contributed by atoms with E-state index in [1.165, 1.54) is 53.4 Å². The Bertz CT molecular complexity index is 1840. The molecule has 0 fully saturated rings. The average molecular weight is 678 g/mol. The molecule has 0 radical (unpaired) electrons. The van der Waals surface area contributed by atoms with Crippen LogP contribution in [0.3, 0.4) is 0 Å². The fourth-order valence-electron chi connectivity index (χ4n) is 5.23. The van der Waals surface area contributed by atoms with Gasteiger partial charge in [0.2, 0.25) is 11.8 Å². The number of halogens is 2. The lowest BCUT2D eigenvalue weighted by Gasteiger charge is -2.34. The maximum atomic E-state index is 15.1. The number of anilines is 1. The number of rotatable bonds is 13. The lowest BCUT2D eigenvalue weighted by Crippen LogP contribution is -2.53. The van der Waals surface area contributed by atoms with Crippen LogP contribution < -0.4 is 19.1 Å². The van der Waals surface area contributed by atoms with Gasteiger partial charge in [0.25, 0.3) is 10.0 Å². The summed E-state index contributed by atoms with van der Waals surface area (Å²) in [6.07, 6.45) is 0.0798. The zero-order valence-electron chi connectivity index (χ0n) is 26.6. The molecule has 9 nitrogen and oxygen atoms in total. The van der Waals surface area contributed by atoms with Crippen LogP contribution in [0.5, 0.6) is 11.5 Å². The maximum Gasteiger partial charge on any atom is 0.264 e. The zero-order valence-corrected chi connectivity index (χ0v) is 27.5. The fourth-order valence-corrected chi connectivity index (χ4v) is 6.66. The van der Waals surface area contributed by atoms with E-state index >= 15 is 4.39 Å². The van der Waals surface area contributed by atoms with Crippen LogP contribution in [0.15, 0.2) is 102 Å². The van der Waals surface area contributed by atoms with Crippen molar-refractivity contribution in [3.05, 3.63) is 120 Å².